The quantitative estimate of drug-likeness (QED) is 0.706. The van der Waals surface area contributed by atoms with E-state index in [0.717, 1.165) is 15.9 Å². The molecule has 0 aliphatic carbocycles. The van der Waals surface area contributed by atoms with Gasteiger partial charge in [0.05, 0.1) is 19.9 Å². The van der Waals surface area contributed by atoms with Crippen molar-refractivity contribution in [3.8, 4) is 0 Å². The molecule has 0 radical (unpaired) electrons. The normalized spacial score (nSPS) is 12.7. The van der Waals surface area contributed by atoms with Gasteiger partial charge in [-0.3, -0.25) is 0 Å². The van der Waals surface area contributed by atoms with Crippen LogP contribution in [0.3, 0.4) is 0 Å². The van der Waals surface area contributed by atoms with Crippen LogP contribution in [0.15, 0.2) is 28.1 Å². The van der Waals surface area contributed by atoms with Gasteiger partial charge in [0.2, 0.25) is 0 Å². The molecule has 0 aliphatic heterocycles. The highest BCUT2D eigenvalue weighted by Gasteiger charge is 2.20. The van der Waals surface area contributed by atoms with Crippen molar-refractivity contribution in [1.82, 2.24) is 5.32 Å². The lowest BCUT2D eigenvalue weighted by atomic mass is 10.0. The zero-order valence-electron chi connectivity index (χ0n) is 10.6. The minimum absolute atomic E-state index is 0.0752. The van der Waals surface area contributed by atoms with Crippen LogP contribution in [0.5, 0.6) is 0 Å². The third-order valence-corrected chi connectivity index (χ3v) is 5.90. The molecule has 0 saturated carbocycles. The molecule has 5 heteroatoms. The van der Waals surface area contributed by atoms with Crippen molar-refractivity contribution in [3.05, 3.63) is 54.1 Å². The molecule has 2 rings (SSSR count). The third-order valence-electron chi connectivity index (χ3n) is 2.86. The Morgan fingerprint density at radius 2 is 2.11 bits per heavy atom. The van der Waals surface area contributed by atoms with Gasteiger partial charge in [-0.1, -0.05) is 42.3 Å². The second kappa shape index (κ2) is 6.59. The van der Waals surface area contributed by atoms with Crippen LogP contribution in [0.25, 0.3) is 0 Å². The molecule has 1 aromatic heterocycles. The molecule has 19 heavy (non-hydrogen) atoms. The standard InChI is InChI=1S/C14H14BrCl2NS/c1-3-18-13(11-7-8(2)14(15)19-11)9-5-4-6-10(16)12(9)17/h4-7,13,18H,3H2,1-2H3. The zero-order chi connectivity index (χ0) is 14.0. The molecule has 2 aromatic rings. The topological polar surface area (TPSA) is 12.0 Å². The van der Waals surface area contributed by atoms with E-state index in [1.165, 1.54) is 10.4 Å². The highest BCUT2D eigenvalue weighted by molar-refractivity contribution is 9.11. The average molecular weight is 379 g/mol. The van der Waals surface area contributed by atoms with Crippen molar-refractivity contribution in [2.45, 2.75) is 19.9 Å². The van der Waals surface area contributed by atoms with E-state index in [1.54, 1.807) is 11.3 Å². The fraction of sp³-hybridized carbons (Fsp3) is 0.286. The van der Waals surface area contributed by atoms with Gasteiger partial charge < -0.3 is 5.32 Å². The molecule has 0 saturated heterocycles. The second-order valence-electron chi connectivity index (χ2n) is 4.24. The van der Waals surface area contributed by atoms with E-state index in [4.69, 9.17) is 23.2 Å². The van der Waals surface area contributed by atoms with E-state index in [2.05, 4.69) is 41.2 Å². The molecule has 102 valence electrons. The van der Waals surface area contributed by atoms with Crippen molar-refractivity contribution < 1.29 is 0 Å². The predicted molar refractivity (Wildman–Crippen MR) is 88.7 cm³/mol. The lowest BCUT2D eigenvalue weighted by Crippen LogP contribution is -2.21. The monoisotopic (exact) mass is 377 g/mol. The Morgan fingerprint density at radius 1 is 1.37 bits per heavy atom. The number of aryl methyl sites for hydroxylation is 1. The van der Waals surface area contributed by atoms with E-state index in [9.17, 15) is 0 Å². The molecule has 0 amide bonds. The first-order chi connectivity index (χ1) is 9.04. The number of nitrogens with one attached hydrogen (secondary N) is 1. The van der Waals surface area contributed by atoms with E-state index in [-0.39, 0.29) is 6.04 Å². The summed E-state index contributed by atoms with van der Waals surface area (Å²) in [4.78, 5) is 1.23. The van der Waals surface area contributed by atoms with E-state index in [0.29, 0.717) is 10.0 Å². The smallest absolute Gasteiger partial charge is 0.0731 e. The van der Waals surface area contributed by atoms with Gasteiger partial charge in [0.15, 0.2) is 0 Å². The Morgan fingerprint density at radius 3 is 2.68 bits per heavy atom. The summed E-state index contributed by atoms with van der Waals surface area (Å²) >= 11 is 17.8. The summed E-state index contributed by atoms with van der Waals surface area (Å²) in [7, 11) is 0. The molecule has 1 atom stereocenters. The number of hydrogen-bond donors (Lipinski definition) is 1. The Labute approximate surface area is 136 Å². The molecule has 1 N–H and O–H groups in total. The first kappa shape index (κ1) is 15.3. The van der Waals surface area contributed by atoms with Crippen molar-refractivity contribution in [3.63, 3.8) is 0 Å². The van der Waals surface area contributed by atoms with Gasteiger partial charge >= 0.3 is 0 Å². The van der Waals surface area contributed by atoms with Gasteiger partial charge in [-0.15, -0.1) is 11.3 Å². The van der Waals surface area contributed by atoms with Crippen LogP contribution in [0, 0.1) is 6.92 Å². The number of hydrogen-bond acceptors (Lipinski definition) is 2. The van der Waals surface area contributed by atoms with Gasteiger partial charge in [-0.2, -0.15) is 0 Å². The summed E-state index contributed by atoms with van der Waals surface area (Å²) in [5, 5.41) is 4.68. The highest BCUT2D eigenvalue weighted by Crippen LogP contribution is 2.38. The Hall–Kier alpha value is -0.0600. The van der Waals surface area contributed by atoms with Crippen LogP contribution in [0.4, 0.5) is 0 Å². The van der Waals surface area contributed by atoms with Gasteiger partial charge in [0, 0.05) is 4.88 Å². The molecule has 0 bridgehead atoms. The van der Waals surface area contributed by atoms with Gasteiger partial charge in [-0.25, -0.2) is 0 Å². The second-order valence-corrected chi connectivity index (χ2v) is 7.43. The summed E-state index contributed by atoms with van der Waals surface area (Å²) in [5.41, 5.74) is 2.26. The number of thiophene rings is 1. The van der Waals surface area contributed by atoms with Crippen molar-refractivity contribution in [2.75, 3.05) is 6.54 Å². The van der Waals surface area contributed by atoms with Crippen LogP contribution >= 0.6 is 50.5 Å². The van der Waals surface area contributed by atoms with Gasteiger partial charge in [-0.05, 0) is 52.7 Å². The minimum Gasteiger partial charge on any atom is -0.306 e. The van der Waals surface area contributed by atoms with Crippen LogP contribution in [0.2, 0.25) is 10.0 Å². The largest absolute Gasteiger partial charge is 0.306 e. The Balaban J connectivity index is 2.48. The third kappa shape index (κ3) is 3.34. The number of halogens is 3. The summed E-state index contributed by atoms with van der Waals surface area (Å²) in [6, 6.07) is 8.02. The highest BCUT2D eigenvalue weighted by atomic mass is 79.9. The first-order valence-corrected chi connectivity index (χ1v) is 8.34. The number of rotatable bonds is 4. The maximum Gasteiger partial charge on any atom is 0.0731 e. The fourth-order valence-electron chi connectivity index (χ4n) is 1.94. The minimum atomic E-state index is 0.0752. The molecule has 0 aliphatic rings. The van der Waals surface area contributed by atoms with E-state index in [1.807, 2.05) is 18.2 Å². The van der Waals surface area contributed by atoms with Gasteiger partial charge in [0.1, 0.15) is 0 Å². The van der Waals surface area contributed by atoms with E-state index < -0.39 is 0 Å². The molecule has 0 fully saturated rings. The molecule has 1 heterocycles. The zero-order valence-corrected chi connectivity index (χ0v) is 14.6. The summed E-state index contributed by atoms with van der Waals surface area (Å²) in [6.07, 6.45) is 0. The Bertz CT molecular complexity index is 563. The first-order valence-electron chi connectivity index (χ1n) is 5.97. The maximum atomic E-state index is 6.34. The molecule has 1 nitrogen and oxygen atoms in total. The molecule has 1 aromatic carbocycles. The lowest BCUT2D eigenvalue weighted by Gasteiger charge is -2.18. The van der Waals surface area contributed by atoms with Crippen LogP contribution in [-0.4, -0.2) is 6.54 Å². The maximum absolute atomic E-state index is 6.34. The molecular weight excluding hydrogens is 365 g/mol. The van der Waals surface area contributed by atoms with Crippen LogP contribution < -0.4 is 5.32 Å². The molecular formula is C14H14BrCl2NS. The van der Waals surface area contributed by atoms with Crippen molar-refractivity contribution in [2.24, 2.45) is 0 Å². The predicted octanol–water partition coefficient (Wildman–Crippen LogP) is 5.82. The fourth-order valence-corrected chi connectivity index (χ4v) is 4.02. The summed E-state index contributed by atoms with van der Waals surface area (Å²) in [6.45, 7) is 5.04. The number of benzene rings is 1. The van der Waals surface area contributed by atoms with Crippen molar-refractivity contribution >= 4 is 50.5 Å². The Kier molecular flexibility index (Phi) is 5.32. The molecule has 1 unspecified atom stereocenters. The van der Waals surface area contributed by atoms with Crippen LogP contribution in [0.1, 0.15) is 29.0 Å². The molecule has 0 spiro atoms. The van der Waals surface area contributed by atoms with E-state index >= 15 is 0 Å². The summed E-state index contributed by atoms with van der Waals surface area (Å²) in [5.74, 6) is 0. The van der Waals surface area contributed by atoms with Gasteiger partial charge in [0.25, 0.3) is 0 Å². The SMILES string of the molecule is CCNC(c1cc(C)c(Br)s1)c1cccc(Cl)c1Cl. The summed E-state index contributed by atoms with van der Waals surface area (Å²) < 4.78 is 1.16. The van der Waals surface area contributed by atoms with Crippen LogP contribution in [-0.2, 0) is 0 Å². The van der Waals surface area contributed by atoms with Crippen molar-refractivity contribution in [1.29, 1.82) is 0 Å². The average Bonchev–Trinajstić information content (AvgIpc) is 2.70. The lowest BCUT2D eigenvalue weighted by molar-refractivity contribution is 0.640.